The molecular formula is C22H31N3O9S2. The summed E-state index contributed by atoms with van der Waals surface area (Å²) in [7, 11) is -4.07. The van der Waals surface area contributed by atoms with E-state index >= 15 is 0 Å². The molecule has 1 saturated heterocycles. The zero-order chi connectivity index (χ0) is 27.1. The lowest BCUT2D eigenvalue weighted by Gasteiger charge is -2.43. The molecule has 36 heavy (non-hydrogen) atoms. The molecule has 14 heteroatoms. The Hall–Kier alpha value is -2.70. The monoisotopic (exact) mass is 545 g/mol. The second kappa shape index (κ2) is 12.5. The van der Waals surface area contributed by atoms with Gasteiger partial charge in [0, 0.05) is 39.3 Å². The molecule has 12 nitrogen and oxygen atoms in total. The largest absolute Gasteiger partial charge is 0.481 e. The maximum Gasteiger partial charge on any atom is 0.334 e. The summed E-state index contributed by atoms with van der Waals surface area (Å²) >= 11 is 0. The predicted octanol–water partition coefficient (Wildman–Crippen LogP) is -0.630. The van der Waals surface area contributed by atoms with Crippen LogP contribution in [0.3, 0.4) is 0 Å². The number of benzene rings is 1. The molecule has 2 rings (SSSR count). The average molecular weight is 546 g/mol. The molecule has 0 aromatic heterocycles. The van der Waals surface area contributed by atoms with E-state index in [1.807, 2.05) is 0 Å². The maximum absolute atomic E-state index is 13.2. The number of carbonyl (C=O) groups excluding carboxylic acids is 2. The molecule has 0 N–H and O–H groups in total. The molecule has 0 bridgehead atoms. The van der Waals surface area contributed by atoms with Crippen molar-refractivity contribution in [3.63, 3.8) is 0 Å². The fourth-order valence-electron chi connectivity index (χ4n) is 3.71. The summed E-state index contributed by atoms with van der Waals surface area (Å²) in [5.74, 6) is 4.09. The molecule has 0 amide bonds. The Morgan fingerprint density at radius 3 is 2.17 bits per heavy atom. The van der Waals surface area contributed by atoms with E-state index in [2.05, 4.69) is 11.8 Å². The molecule has 1 atom stereocenters. The van der Waals surface area contributed by atoms with E-state index in [1.165, 1.54) is 40.5 Å². The lowest BCUT2D eigenvalue weighted by molar-refractivity contribution is -0.163. The summed E-state index contributed by atoms with van der Waals surface area (Å²) in [6, 6.07) is 3.43. The lowest BCUT2D eigenvalue weighted by atomic mass is 10.1. The zero-order valence-electron chi connectivity index (χ0n) is 20.8. The standard InChI is InChI=1S/C22H31N3O9S2/c1-6-7-14-34-18-8-10-19(11-9-18)36(30,31)23(2)15-17-16-24(35(5,28)29)12-13-25(17)20(21(26)32-3)22(27)33-4/h8-11,17,20H,12-16H2,1-5H3. The molecular weight excluding hydrogens is 514 g/mol. The van der Waals surface area contributed by atoms with Crippen LogP contribution < -0.4 is 4.74 Å². The van der Waals surface area contributed by atoms with Gasteiger partial charge in [-0.1, -0.05) is 5.92 Å². The van der Waals surface area contributed by atoms with Crippen LogP contribution in [0.2, 0.25) is 0 Å². The van der Waals surface area contributed by atoms with E-state index in [-0.39, 0.29) is 37.7 Å². The van der Waals surface area contributed by atoms with Crippen LogP contribution >= 0.6 is 0 Å². The number of carbonyl (C=O) groups is 2. The fraction of sp³-hybridized carbons (Fsp3) is 0.545. The van der Waals surface area contributed by atoms with Gasteiger partial charge >= 0.3 is 11.9 Å². The van der Waals surface area contributed by atoms with Gasteiger partial charge in [0.25, 0.3) is 0 Å². The van der Waals surface area contributed by atoms with Gasteiger partial charge in [-0.05, 0) is 31.2 Å². The van der Waals surface area contributed by atoms with Crippen LogP contribution in [0.15, 0.2) is 29.2 Å². The van der Waals surface area contributed by atoms with Crippen LogP contribution in [0, 0.1) is 11.8 Å². The highest BCUT2D eigenvalue weighted by atomic mass is 32.2. The van der Waals surface area contributed by atoms with E-state index in [0.717, 1.165) is 24.8 Å². The van der Waals surface area contributed by atoms with Gasteiger partial charge in [0.1, 0.15) is 12.4 Å². The van der Waals surface area contributed by atoms with Crippen molar-refractivity contribution in [1.29, 1.82) is 0 Å². The number of piperazine rings is 1. The Balaban J connectivity index is 2.33. The lowest BCUT2D eigenvalue weighted by Crippen LogP contribution is -2.64. The molecule has 0 saturated carbocycles. The number of ether oxygens (including phenoxy) is 3. The normalized spacial score (nSPS) is 17.4. The predicted molar refractivity (Wildman–Crippen MR) is 130 cm³/mol. The third kappa shape index (κ3) is 7.17. The molecule has 1 fully saturated rings. The molecule has 0 spiro atoms. The first-order chi connectivity index (χ1) is 16.9. The summed E-state index contributed by atoms with van der Waals surface area (Å²) in [6.07, 6.45) is 1.04. The van der Waals surface area contributed by atoms with Gasteiger partial charge in [-0.3, -0.25) is 4.90 Å². The van der Waals surface area contributed by atoms with Crippen molar-refractivity contribution in [1.82, 2.24) is 13.5 Å². The van der Waals surface area contributed by atoms with Crippen LogP contribution in [0.25, 0.3) is 0 Å². The van der Waals surface area contributed by atoms with Crippen LogP contribution in [-0.2, 0) is 39.1 Å². The first-order valence-corrected chi connectivity index (χ1v) is 14.1. The Morgan fingerprint density at radius 2 is 1.67 bits per heavy atom. The second-order valence-corrected chi connectivity index (χ2v) is 12.0. The summed E-state index contributed by atoms with van der Waals surface area (Å²) in [5.41, 5.74) is 0. The van der Waals surface area contributed by atoms with Gasteiger partial charge in [-0.25, -0.2) is 26.4 Å². The molecule has 1 heterocycles. The second-order valence-electron chi connectivity index (χ2n) is 7.93. The highest BCUT2D eigenvalue weighted by Crippen LogP contribution is 2.23. The third-order valence-corrected chi connectivity index (χ3v) is 8.74. The van der Waals surface area contributed by atoms with Gasteiger partial charge < -0.3 is 14.2 Å². The van der Waals surface area contributed by atoms with E-state index in [1.54, 1.807) is 6.92 Å². The molecule has 1 aromatic carbocycles. The highest BCUT2D eigenvalue weighted by Gasteiger charge is 2.44. The van der Waals surface area contributed by atoms with Gasteiger partial charge in [0.2, 0.25) is 26.1 Å². The molecule has 200 valence electrons. The van der Waals surface area contributed by atoms with Gasteiger partial charge in [0.05, 0.1) is 25.4 Å². The quantitative estimate of drug-likeness (QED) is 0.212. The van der Waals surface area contributed by atoms with Crippen molar-refractivity contribution in [3.05, 3.63) is 24.3 Å². The van der Waals surface area contributed by atoms with Crippen LogP contribution in [0.5, 0.6) is 5.75 Å². The Bertz CT molecular complexity index is 1190. The summed E-state index contributed by atoms with van der Waals surface area (Å²) in [5, 5.41) is 0. The maximum atomic E-state index is 13.2. The van der Waals surface area contributed by atoms with Crippen molar-refractivity contribution < 1.29 is 40.6 Å². The van der Waals surface area contributed by atoms with Crippen molar-refractivity contribution in [2.75, 3.05) is 60.3 Å². The number of methoxy groups -OCH3 is 2. The van der Waals surface area contributed by atoms with Gasteiger partial charge in [-0.15, -0.1) is 5.92 Å². The molecule has 1 aliphatic rings. The number of hydrogen-bond acceptors (Lipinski definition) is 10. The van der Waals surface area contributed by atoms with Crippen molar-refractivity contribution in [3.8, 4) is 17.6 Å². The minimum atomic E-state index is -4.01. The van der Waals surface area contributed by atoms with E-state index in [9.17, 15) is 26.4 Å². The number of hydrogen-bond donors (Lipinski definition) is 0. The SMILES string of the molecule is CC#CCOc1ccc(S(=O)(=O)N(C)CC2CN(S(C)(=O)=O)CCN2C(C(=O)OC)C(=O)OC)cc1. The van der Waals surface area contributed by atoms with Crippen LogP contribution in [0.1, 0.15) is 6.92 Å². The van der Waals surface area contributed by atoms with Crippen molar-refractivity contribution in [2.24, 2.45) is 0 Å². The van der Waals surface area contributed by atoms with E-state index in [0.29, 0.717) is 5.75 Å². The molecule has 1 unspecified atom stereocenters. The first-order valence-electron chi connectivity index (χ1n) is 10.8. The number of esters is 2. The average Bonchev–Trinajstić information content (AvgIpc) is 2.84. The third-order valence-electron chi connectivity index (χ3n) is 5.63. The first kappa shape index (κ1) is 29.5. The Morgan fingerprint density at radius 1 is 1.08 bits per heavy atom. The van der Waals surface area contributed by atoms with Gasteiger partial charge in [0.15, 0.2) is 0 Å². The number of sulfonamides is 2. The minimum Gasteiger partial charge on any atom is -0.481 e. The molecule has 0 aliphatic carbocycles. The minimum absolute atomic E-state index is 0.000155. The van der Waals surface area contributed by atoms with Gasteiger partial charge in [-0.2, -0.15) is 8.61 Å². The Labute approximate surface area is 212 Å². The fourth-order valence-corrected chi connectivity index (χ4v) is 5.77. The number of likely N-dealkylation sites (N-methyl/N-ethyl adjacent to an activating group) is 1. The summed E-state index contributed by atoms with van der Waals surface area (Å²) in [4.78, 5) is 26.2. The van der Waals surface area contributed by atoms with Crippen LogP contribution in [-0.4, -0.2) is 115 Å². The zero-order valence-corrected chi connectivity index (χ0v) is 22.5. The van der Waals surface area contributed by atoms with E-state index in [4.69, 9.17) is 14.2 Å². The van der Waals surface area contributed by atoms with Crippen molar-refractivity contribution in [2.45, 2.75) is 23.9 Å². The van der Waals surface area contributed by atoms with Crippen LogP contribution in [0.4, 0.5) is 0 Å². The molecule has 1 aliphatic heterocycles. The smallest absolute Gasteiger partial charge is 0.334 e. The summed E-state index contributed by atoms with van der Waals surface area (Å²) < 4.78 is 68.0. The molecule has 0 radical (unpaired) electrons. The van der Waals surface area contributed by atoms with Crippen molar-refractivity contribution >= 4 is 32.0 Å². The summed E-state index contributed by atoms with van der Waals surface area (Å²) in [6.45, 7) is 1.46. The van der Waals surface area contributed by atoms with E-state index < -0.39 is 44.1 Å². The number of rotatable bonds is 10. The topological polar surface area (TPSA) is 140 Å². The number of nitrogens with zero attached hydrogens (tertiary/aromatic N) is 3. The Kier molecular flexibility index (Phi) is 10.3. The molecule has 1 aromatic rings. The highest BCUT2D eigenvalue weighted by molar-refractivity contribution is 7.89.